The van der Waals surface area contributed by atoms with Crippen LogP contribution in [0, 0.1) is 11.7 Å². The van der Waals surface area contributed by atoms with E-state index in [4.69, 9.17) is 10.5 Å². The van der Waals surface area contributed by atoms with Gasteiger partial charge >= 0.3 is 5.97 Å². The summed E-state index contributed by atoms with van der Waals surface area (Å²) in [5.41, 5.74) is 7.39. The number of anilines is 1. The Morgan fingerprint density at radius 1 is 1.33 bits per heavy atom. The molecule has 30 heavy (non-hydrogen) atoms. The van der Waals surface area contributed by atoms with Gasteiger partial charge in [0.2, 0.25) is 5.43 Å². The predicted molar refractivity (Wildman–Crippen MR) is 114 cm³/mol. The van der Waals surface area contributed by atoms with Crippen molar-refractivity contribution in [1.82, 2.24) is 4.57 Å². The van der Waals surface area contributed by atoms with E-state index in [1.807, 2.05) is 10.6 Å². The minimum Gasteiger partial charge on any atom is -0.462 e. The number of ether oxygens (including phenoxy) is 1. The number of hydrogen-bond acceptors (Lipinski definition) is 5. The Hall–Kier alpha value is -2.67. The van der Waals surface area contributed by atoms with Crippen molar-refractivity contribution in [2.45, 2.75) is 44.7 Å². The number of pyridine rings is 1. The van der Waals surface area contributed by atoms with Crippen molar-refractivity contribution < 1.29 is 13.9 Å². The second-order valence-corrected chi connectivity index (χ2v) is 8.53. The van der Waals surface area contributed by atoms with Crippen molar-refractivity contribution >= 4 is 28.6 Å². The van der Waals surface area contributed by atoms with E-state index in [-0.39, 0.29) is 29.6 Å². The molecule has 158 valence electrons. The average Bonchev–Trinajstić information content (AvgIpc) is 3.52. The lowest BCUT2D eigenvalue weighted by molar-refractivity contribution is 0.0524. The average molecular weight is 411 g/mol. The van der Waals surface area contributed by atoms with E-state index in [9.17, 15) is 9.59 Å². The molecule has 0 radical (unpaired) electrons. The molecule has 0 spiro atoms. The Kier molecular flexibility index (Phi) is 4.65. The zero-order valence-corrected chi connectivity index (χ0v) is 17.1. The first kappa shape index (κ1) is 19.3. The van der Waals surface area contributed by atoms with E-state index >= 15 is 4.39 Å². The van der Waals surface area contributed by atoms with Gasteiger partial charge in [-0.05, 0) is 51.1 Å². The van der Waals surface area contributed by atoms with Crippen LogP contribution in [-0.2, 0) is 4.74 Å². The summed E-state index contributed by atoms with van der Waals surface area (Å²) in [4.78, 5) is 27.7. The Balaban J connectivity index is 1.79. The number of benzene rings is 1. The van der Waals surface area contributed by atoms with Crippen LogP contribution in [0.3, 0.4) is 0 Å². The fourth-order valence-corrected chi connectivity index (χ4v) is 4.98. The van der Waals surface area contributed by atoms with Gasteiger partial charge in [-0.3, -0.25) is 4.79 Å². The van der Waals surface area contributed by atoms with Crippen LogP contribution in [0.2, 0.25) is 0 Å². The highest BCUT2D eigenvalue weighted by molar-refractivity contribution is 5.99. The molecule has 7 heteroatoms. The third-order valence-corrected chi connectivity index (χ3v) is 6.53. The maximum atomic E-state index is 15.5. The maximum absolute atomic E-state index is 15.5. The number of hydrogen-bond donors (Lipinski definition) is 1. The highest BCUT2D eigenvalue weighted by Gasteiger charge is 2.36. The fraction of sp³-hybridized carbons (Fsp3) is 0.478. The van der Waals surface area contributed by atoms with Crippen LogP contribution in [0.1, 0.15) is 54.6 Å². The molecule has 1 aliphatic carbocycles. The Bertz CT molecular complexity index is 1120. The zero-order valence-electron chi connectivity index (χ0n) is 17.1. The molecule has 6 nitrogen and oxygen atoms in total. The van der Waals surface area contributed by atoms with Gasteiger partial charge < -0.3 is 19.9 Å². The smallest absolute Gasteiger partial charge is 0.343 e. The van der Waals surface area contributed by atoms with E-state index in [0.29, 0.717) is 30.2 Å². The summed E-state index contributed by atoms with van der Waals surface area (Å²) in [5.74, 6) is -0.747. The molecular weight excluding hydrogens is 385 g/mol. The number of esters is 1. The summed E-state index contributed by atoms with van der Waals surface area (Å²) in [6.45, 7) is 3.17. The number of halogens is 1. The first-order valence-electron chi connectivity index (χ1n) is 10.7. The molecular formula is C23H26FN3O3. The minimum atomic E-state index is -0.657. The Morgan fingerprint density at radius 2 is 2.13 bits per heavy atom. The minimum absolute atomic E-state index is 0.0320. The summed E-state index contributed by atoms with van der Waals surface area (Å²) in [7, 11) is 0. The normalized spacial score (nSPS) is 22.7. The standard InChI is InChI=1S/C23H26FN3O3/c1-2-30-23(29)18-12-27(14-6-7-14)20-16-5-3-4-15-8-13(10-25)11-26(15)21(16)19(24)9-17(20)22(18)28/h3,5,9,12-15H,2,4,6-8,10-11,25H2,1H3/t13-,15?/m1/s1. The van der Waals surface area contributed by atoms with E-state index in [1.165, 1.54) is 6.07 Å². The number of fused-ring (bicyclic) bond motifs is 5. The molecule has 0 bridgehead atoms. The molecule has 1 saturated heterocycles. The third-order valence-electron chi connectivity index (χ3n) is 6.53. The Labute approximate surface area is 174 Å². The molecule has 2 atom stereocenters. The van der Waals surface area contributed by atoms with Gasteiger partial charge in [-0.15, -0.1) is 0 Å². The van der Waals surface area contributed by atoms with Crippen LogP contribution in [0.5, 0.6) is 0 Å². The van der Waals surface area contributed by atoms with Gasteiger partial charge in [-0.25, -0.2) is 9.18 Å². The largest absolute Gasteiger partial charge is 0.462 e. The van der Waals surface area contributed by atoms with Gasteiger partial charge in [0.1, 0.15) is 11.4 Å². The molecule has 2 aliphatic heterocycles. The summed E-state index contributed by atoms with van der Waals surface area (Å²) >= 11 is 0. The van der Waals surface area contributed by atoms with Gasteiger partial charge in [0.15, 0.2) is 0 Å². The van der Waals surface area contributed by atoms with E-state index < -0.39 is 17.2 Å². The molecule has 2 N–H and O–H groups in total. The van der Waals surface area contributed by atoms with Crippen molar-refractivity contribution in [3.05, 3.63) is 45.5 Å². The van der Waals surface area contributed by atoms with Gasteiger partial charge in [0.05, 0.1) is 23.2 Å². The molecule has 2 fully saturated rings. The molecule has 3 heterocycles. The second kappa shape index (κ2) is 7.23. The fourth-order valence-electron chi connectivity index (χ4n) is 4.98. The molecule has 1 aromatic heterocycles. The number of rotatable bonds is 4. The summed E-state index contributed by atoms with van der Waals surface area (Å²) < 4.78 is 22.6. The molecule has 5 rings (SSSR count). The lowest BCUT2D eigenvalue weighted by Gasteiger charge is -2.28. The third kappa shape index (κ3) is 2.95. The van der Waals surface area contributed by atoms with Gasteiger partial charge in [-0.1, -0.05) is 12.2 Å². The molecule has 1 aromatic carbocycles. The summed E-state index contributed by atoms with van der Waals surface area (Å²) in [5, 5.41) is 0.237. The van der Waals surface area contributed by atoms with Crippen LogP contribution in [0.15, 0.2) is 23.1 Å². The molecule has 3 aliphatic rings. The van der Waals surface area contributed by atoms with Crippen molar-refractivity contribution in [2.75, 3.05) is 24.6 Å². The first-order chi connectivity index (χ1) is 14.5. The number of aromatic nitrogens is 1. The number of nitrogens with two attached hydrogens (primary N) is 1. The van der Waals surface area contributed by atoms with Gasteiger partial charge in [0.25, 0.3) is 0 Å². The summed E-state index contributed by atoms with van der Waals surface area (Å²) in [6, 6.07) is 1.73. The Morgan fingerprint density at radius 3 is 2.83 bits per heavy atom. The van der Waals surface area contributed by atoms with E-state index in [1.54, 1.807) is 13.1 Å². The van der Waals surface area contributed by atoms with Gasteiger partial charge in [-0.2, -0.15) is 0 Å². The van der Waals surface area contributed by atoms with Crippen LogP contribution in [0.25, 0.3) is 17.0 Å². The number of carbonyl (C=O) groups excluding carboxylic acids is 1. The second-order valence-electron chi connectivity index (χ2n) is 8.53. The van der Waals surface area contributed by atoms with Crippen LogP contribution in [-0.4, -0.2) is 36.3 Å². The lowest BCUT2D eigenvalue weighted by atomic mass is 10.0. The van der Waals surface area contributed by atoms with Crippen molar-refractivity contribution in [3.8, 4) is 0 Å². The predicted octanol–water partition coefficient (Wildman–Crippen LogP) is 3.22. The topological polar surface area (TPSA) is 77.6 Å². The van der Waals surface area contributed by atoms with Crippen LogP contribution >= 0.6 is 0 Å². The van der Waals surface area contributed by atoms with Crippen molar-refractivity contribution in [3.63, 3.8) is 0 Å². The molecule has 1 unspecified atom stereocenters. The molecule has 2 aromatic rings. The quantitative estimate of drug-likeness (QED) is 0.782. The summed E-state index contributed by atoms with van der Waals surface area (Å²) in [6.07, 6.45) is 9.33. The van der Waals surface area contributed by atoms with Crippen molar-refractivity contribution in [2.24, 2.45) is 11.7 Å². The molecule has 1 saturated carbocycles. The van der Waals surface area contributed by atoms with Crippen molar-refractivity contribution in [1.29, 1.82) is 0 Å². The van der Waals surface area contributed by atoms with Gasteiger partial charge in [0, 0.05) is 30.4 Å². The van der Waals surface area contributed by atoms with E-state index in [2.05, 4.69) is 11.0 Å². The van der Waals surface area contributed by atoms with Crippen LogP contribution in [0.4, 0.5) is 10.1 Å². The monoisotopic (exact) mass is 411 g/mol. The first-order valence-corrected chi connectivity index (χ1v) is 10.7. The van der Waals surface area contributed by atoms with Crippen LogP contribution < -0.4 is 16.1 Å². The number of nitrogens with zero attached hydrogens (tertiary/aromatic N) is 2. The number of carbonyl (C=O) groups is 1. The van der Waals surface area contributed by atoms with E-state index in [0.717, 1.165) is 31.2 Å². The highest BCUT2D eigenvalue weighted by atomic mass is 19.1. The SMILES string of the molecule is CCOC(=O)c1cn(C2CC2)c2c3c(c(F)cc2c1=O)N1C[C@@H](CN)CC1CC=C3. The highest BCUT2D eigenvalue weighted by Crippen LogP contribution is 2.43. The molecule has 0 amide bonds. The maximum Gasteiger partial charge on any atom is 0.343 e. The zero-order chi connectivity index (χ0) is 21.0. The lowest BCUT2D eigenvalue weighted by Crippen LogP contribution is -2.30.